The SMILES string of the molecule is O=C1C=c2ccccc2=c2ccc3c(c21)CC(=O)C(c1cccc([N+](=O)[O-])c1)C=3. The minimum atomic E-state index is -0.560. The van der Waals surface area contributed by atoms with E-state index in [1.54, 1.807) is 18.2 Å². The van der Waals surface area contributed by atoms with E-state index in [9.17, 15) is 19.7 Å². The van der Waals surface area contributed by atoms with Gasteiger partial charge in [-0.25, -0.2) is 0 Å². The van der Waals surface area contributed by atoms with Gasteiger partial charge in [0, 0.05) is 24.1 Å². The summed E-state index contributed by atoms with van der Waals surface area (Å²) < 4.78 is 0. The Morgan fingerprint density at radius 3 is 2.55 bits per heavy atom. The van der Waals surface area contributed by atoms with Crippen LogP contribution in [0.3, 0.4) is 0 Å². The summed E-state index contributed by atoms with van der Waals surface area (Å²) in [6.07, 6.45) is 3.56. The lowest BCUT2D eigenvalue weighted by molar-refractivity contribution is -0.384. The quantitative estimate of drug-likeness (QED) is 0.505. The first-order valence-electron chi connectivity index (χ1n) is 9.29. The molecule has 3 aromatic carbocycles. The summed E-state index contributed by atoms with van der Waals surface area (Å²) in [6, 6.07) is 17.7. The maximum atomic E-state index is 13.0. The number of hydrogen-bond donors (Lipinski definition) is 0. The number of nitro benzene ring substituents is 1. The fraction of sp³-hybridized carbons (Fsp3) is 0.0833. The Kier molecular flexibility index (Phi) is 3.77. The number of non-ortho nitro benzene ring substituents is 1. The molecule has 0 spiro atoms. The van der Waals surface area contributed by atoms with E-state index in [0.29, 0.717) is 11.1 Å². The Morgan fingerprint density at radius 1 is 0.897 bits per heavy atom. The number of benzene rings is 3. The third kappa shape index (κ3) is 2.70. The lowest BCUT2D eigenvalue weighted by atomic mass is 9.81. The van der Waals surface area contributed by atoms with Crippen LogP contribution in [-0.2, 0) is 11.2 Å². The molecule has 5 heteroatoms. The molecule has 2 aliphatic rings. The Bertz CT molecular complexity index is 1450. The van der Waals surface area contributed by atoms with Crippen LogP contribution < -0.4 is 10.4 Å². The molecule has 0 amide bonds. The van der Waals surface area contributed by atoms with Crippen molar-refractivity contribution in [2.24, 2.45) is 0 Å². The fourth-order valence-corrected chi connectivity index (χ4v) is 4.27. The summed E-state index contributed by atoms with van der Waals surface area (Å²) >= 11 is 0. The molecule has 0 aliphatic heterocycles. The molecule has 3 aromatic rings. The molecule has 5 rings (SSSR count). The van der Waals surface area contributed by atoms with Gasteiger partial charge in [-0.1, -0.05) is 54.6 Å². The van der Waals surface area contributed by atoms with Crippen LogP contribution in [0.1, 0.15) is 27.4 Å². The minimum absolute atomic E-state index is 0.0404. The monoisotopic (exact) mass is 381 g/mol. The predicted molar refractivity (Wildman–Crippen MR) is 108 cm³/mol. The van der Waals surface area contributed by atoms with Gasteiger partial charge in [0.25, 0.3) is 5.69 Å². The number of nitro groups is 1. The number of rotatable bonds is 2. The van der Waals surface area contributed by atoms with E-state index < -0.39 is 10.8 Å². The highest BCUT2D eigenvalue weighted by atomic mass is 16.6. The van der Waals surface area contributed by atoms with Gasteiger partial charge in [0.05, 0.1) is 10.8 Å². The van der Waals surface area contributed by atoms with Gasteiger partial charge in [0.1, 0.15) is 5.78 Å². The van der Waals surface area contributed by atoms with Gasteiger partial charge in [-0.3, -0.25) is 19.7 Å². The van der Waals surface area contributed by atoms with E-state index in [1.165, 1.54) is 12.1 Å². The summed E-state index contributed by atoms with van der Waals surface area (Å²) in [5.74, 6) is -0.723. The number of carbonyl (C=O) groups is 2. The zero-order valence-electron chi connectivity index (χ0n) is 15.3. The molecule has 2 aliphatic carbocycles. The van der Waals surface area contributed by atoms with E-state index in [4.69, 9.17) is 0 Å². The molecule has 0 fully saturated rings. The predicted octanol–water partition coefficient (Wildman–Crippen LogP) is 2.55. The molecule has 0 bridgehead atoms. The van der Waals surface area contributed by atoms with Crippen molar-refractivity contribution in [3.05, 3.63) is 108 Å². The molecule has 0 saturated carbocycles. The highest BCUT2D eigenvalue weighted by Crippen LogP contribution is 2.27. The normalized spacial score (nSPS) is 16.8. The molecule has 5 nitrogen and oxygen atoms in total. The summed E-state index contributed by atoms with van der Waals surface area (Å²) in [5, 5.41) is 14.6. The first-order valence-corrected chi connectivity index (χ1v) is 9.29. The van der Waals surface area contributed by atoms with Crippen LogP contribution >= 0.6 is 0 Å². The Labute approximate surface area is 165 Å². The lowest BCUT2D eigenvalue weighted by Crippen LogP contribution is -2.30. The second kappa shape index (κ2) is 6.34. The van der Waals surface area contributed by atoms with E-state index in [1.807, 2.05) is 42.5 Å². The minimum Gasteiger partial charge on any atom is -0.298 e. The maximum Gasteiger partial charge on any atom is 0.269 e. The van der Waals surface area contributed by atoms with E-state index in [2.05, 4.69) is 0 Å². The largest absolute Gasteiger partial charge is 0.298 e. The van der Waals surface area contributed by atoms with Crippen molar-refractivity contribution in [3.63, 3.8) is 0 Å². The van der Waals surface area contributed by atoms with E-state index in [-0.39, 0.29) is 23.7 Å². The molecular formula is C24H15NO4. The topological polar surface area (TPSA) is 77.3 Å². The molecule has 0 aromatic heterocycles. The second-order valence-corrected chi connectivity index (χ2v) is 7.29. The van der Waals surface area contributed by atoms with Gasteiger partial charge < -0.3 is 0 Å². The molecule has 0 radical (unpaired) electrons. The van der Waals surface area contributed by atoms with Crippen LogP contribution in [0.15, 0.2) is 60.7 Å². The zero-order chi connectivity index (χ0) is 20.1. The standard InChI is InChI=1S/C24H15NO4/c26-22-13-21-16(11-20(22)14-5-3-6-17(10-14)25(28)29)8-9-19-18-7-2-1-4-15(18)12-23(27)24(19)21/h1-12,20H,13H2. The molecule has 0 N–H and O–H groups in total. The molecule has 0 saturated heterocycles. The number of hydrogen-bond acceptors (Lipinski definition) is 4. The van der Waals surface area contributed by atoms with Gasteiger partial charge in [-0.15, -0.1) is 0 Å². The lowest BCUT2D eigenvalue weighted by Gasteiger charge is -2.20. The van der Waals surface area contributed by atoms with E-state index >= 15 is 0 Å². The summed E-state index contributed by atoms with van der Waals surface area (Å²) in [5.41, 5.74) is 1.88. The van der Waals surface area contributed by atoms with Crippen LogP contribution in [0.4, 0.5) is 5.69 Å². The zero-order valence-corrected chi connectivity index (χ0v) is 15.3. The average molecular weight is 381 g/mol. The van der Waals surface area contributed by atoms with Gasteiger partial charge >= 0.3 is 0 Å². The third-order valence-electron chi connectivity index (χ3n) is 5.62. The van der Waals surface area contributed by atoms with Crippen LogP contribution in [0.25, 0.3) is 12.2 Å². The number of nitrogens with zero attached hydrogens (tertiary/aromatic N) is 1. The molecule has 29 heavy (non-hydrogen) atoms. The highest BCUT2D eigenvalue weighted by Gasteiger charge is 2.27. The molecule has 1 atom stereocenters. The van der Waals surface area contributed by atoms with Crippen molar-refractivity contribution in [2.75, 3.05) is 0 Å². The van der Waals surface area contributed by atoms with Crippen molar-refractivity contribution in [1.29, 1.82) is 0 Å². The fourth-order valence-electron chi connectivity index (χ4n) is 4.27. The first kappa shape index (κ1) is 17.3. The number of Topliss-reactive ketones (excluding diaryl/α,β-unsaturated/α-hetero) is 2. The molecule has 140 valence electrons. The van der Waals surface area contributed by atoms with Crippen LogP contribution in [0, 0.1) is 20.6 Å². The van der Waals surface area contributed by atoms with Crippen LogP contribution in [0.5, 0.6) is 0 Å². The maximum absolute atomic E-state index is 13.0. The number of fused-ring (bicyclic) bond motifs is 4. The summed E-state index contributed by atoms with van der Waals surface area (Å²) in [6.45, 7) is 0. The van der Waals surface area contributed by atoms with Crippen LogP contribution in [-0.4, -0.2) is 16.5 Å². The molecule has 1 unspecified atom stereocenters. The second-order valence-electron chi connectivity index (χ2n) is 7.29. The van der Waals surface area contributed by atoms with Gasteiger partial charge in [0.15, 0.2) is 5.78 Å². The van der Waals surface area contributed by atoms with E-state index in [0.717, 1.165) is 26.4 Å². The van der Waals surface area contributed by atoms with Crippen molar-refractivity contribution in [1.82, 2.24) is 0 Å². The van der Waals surface area contributed by atoms with Crippen molar-refractivity contribution in [3.8, 4) is 0 Å². The van der Waals surface area contributed by atoms with Crippen molar-refractivity contribution < 1.29 is 14.5 Å². The number of carbonyl (C=O) groups excluding carboxylic acids is 2. The Balaban J connectivity index is 1.75. The number of ketones is 2. The first-order chi connectivity index (χ1) is 14.0. The van der Waals surface area contributed by atoms with Gasteiger partial charge in [-0.05, 0) is 38.1 Å². The Hall–Kier alpha value is -3.86. The van der Waals surface area contributed by atoms with Crippen molar-refractivity contribution in [2.45, 2.75) is 12.3 Å². The van der Waals surface area contributed by atoms with Gasteiger partial charge in [-0.2, -0.15) is 0 Å². The van der Waals surface area contributed by atoms with Gasteiger partial charge in [0.2, 0.25) is 0 Å². The summed E-state index contributed by atoms with van der Waals surface area (Å²) in [4.78, 5) is 36.4. The van der Waals surface area contributed by atoms with Crippen LogP contribution in [0.2, 0.25) is 0 Å². The summed E-state index contributed by atoms with van der Waals surface area (Å²) in [7, 11) is 0. The van der Waals surface area contributed by atoms with Crippen molar-refractivity contribution >= 4 is 29.4 Å². The molecular weight excluding hydrogens is 366 g/mol. The average Bonchev–Trinajstić information content (AvgIpc) is 2.73. The Morgan fingerprint density at radius 2 is 1.72 bits per heavy atom. The molecule has 0 heterocycles. The highest BCUT2D eigenvalue weighted by molar-refractivity contribution is 6.19. The third-order valence-corrected chi connectivity index (χ3v) is 5.62. The smallest absolute Gasteiger partial charge is 0.269 e.